The molecule has 2 rings (SSSR count). The van der Waals surface area contributed by atoms with Gasteiger partial charge in [0.1, 0.15) is 0 Å². The molecule has 5 nitrogen and oxygen atoms in total. The molecule has 20 heavy (non-hydrogen) atoms. The highest BCUT2D eigenvalue weighted by molar-refractivity contribution is 5.97. The summed E-state index contributed by atoms with van der Waals surface area (Å²) in [6.07, 6.45) is 1.26. The molecule has 110 valence electrons. The Balaban J connectivity index is 0.00000200. The van der Waals surface area contributed by atoms with Crippen LogP contribution in [0.5, 0.6) is 0 Å². The smallest absolute Gasteiger partial charge is 0.253 e. The van der Waals surface area contributed by atoms with E-state index in [0.29, 0.717) is 30.8 Å². The topological polar surface area (TPSA) is 75.4 Å². The number of rotatable bonds is 3. The zero-order chi connectivity index (χ0) is 13.8. The van der Waals surface area contributed by atoms with E-state index in [1.54, 1.807) is 36.1 Å². The second kappa shape index (κ2) is 7.26. The summed E-state index contributed by atoms with van der Waals surface area (Å²) in [4.78, 5) is 25.4. The molecule has 1 fully saturated rings. The number of nitrogens with one attached hydrogen (secondary N) is 1. The van der Waals surface area contributed by atoms with E-state index in [0.717, 1.165) is 6.42 Å². The van der Waals surface area contributed by atoms with Crippen molar-refractivity contribution in [1.29, 1.82) is 0 Å². The lowest BCUT2D eigenvalue weighted by Gasteiger charge is -2.16. The van der Waals surface area contributed by atoms with Crippen molar-refractivity contribution >= 4 is 29.9 Å². The number of nitrogens with zero attached hydrogens (tertiary/aromatic N) is 1. The fourth-order valence-electron chi connectivity index (χ4n) is 2.13. The number of carbonyl (C=O) groups is 2. The van der Waals surface area contributed by atoms with E-state index in [1.165, 1.54) is 0 Å². The predicted octanol–water partition coefficient (Wildman–Crippen LogP) is 1.63. The average molecular weight is 298 g/mol. The Hall–Kier alpha value is -1.59. The molecule has 1 aromatic carbocycles. The van der Waals surface area contributed by atoms with Crippen LogP contribution < -0.4 is 11.1 Å². The first kappa shape index (κ1) is 16.5. The SMILES string of the molecule is CCC(=O)Nc1cccc(C(=O)N2CC[C@@H](N)C2)c1.Cl. The zero-order valence-corrected chi connectivity index (χ0v) is 12.3. The maximum atomic E-state index is 12.3. The molecule has 3 N–H and O–H groups in total. The van der Waals surface area contributed by atoms with Crippen LogP contribution in [0.15, 0.2) is 24.3 Å². The van der Waals surface area contributed by atoms with Crippen LogP contribution in [0.3, 0.4) is 0 Å². The lowest BCUT2D eigenvalue weighted by atomic mass is 10.1. The first-order valence-corrected chi connectivity index (χ1v) is 6.55. The summed E-state index contributed by atoms with van der Waals surface area (Å²) in [5.41, 5.74) is 7.04. The maximum absolute atomic E-state index is 12.3. The fourth-order valence-corrected chi connectivity index (χ4v) is 2.13. The van der Waals surface area contributed by atoms with Crippen molar-refractivity contribution < 1.29 is 9.59 Å². The highest BCUT2D eigenvalue weighted by atomic mass is 35.5. The summed E-state index contributed by atoms with van der Waals surface area (Å²) in [5, 5.41) is 2.75. The summed E-state index contributed by atoms with van der Waals surface area (Å²) < 4.78 is 0. The van der Waals surface area contributed by atoms with Crippen LogP contribution in [-0.4, -0.2) is 35.8 Å². The van der Waals surface area contributed by atoms with Crippen LogP contribution in [0.1, 0.15) is 30.1 Å². The van der Waals surface area contributed by atoms with Gasteiger partial charge in [-0.15, -0.1) is 12.4 Å². The van der Waals surface area contributed by atoms with E-state index in [-0.39, 0.29) is 30.3 Å². The Bertz CT molecular complexity index is 493. The van der Waals surface area contributed by atoms with Crippen molar-refractivity contribution in [3.8, 4) is 0 Å². The van der Waals surface area contributed by atoms with Crippen LogP contribution in [0.4, 0.5) is 5.69 Å². The minimum atomic E-state index is -0.0622. The quantitative estimate of drug-likeness (QED) is 0.890. The average Bonchev–Trinajstić information content (AvgIpc) is 2.84. The molecule has 1 atom stereocenters. The molecule has 6 heteroatoms. The van der Waals surface area contributed by atoms with Gasteiger partial charge in [0.05, 0.1) is 0 Å². The molecule has 1 aromatic rings. The van der Waals surface area contributed by atoms with Gasteiger partial charge in [-0.05, 0) is 24.6 Å². The normalized spacial score (nSPS) is 17.5. The third kappa shape index (κ3) is 3.95. The Morgan fingerprint density at radius 1 is 1.45 bits per heavy atom. The standard InChI is InChI=1S/C14H19N3O2.ClH/c1-2-13(18)16-12-5-3-4-10(8-12)14(19)17-7-6-11(15)9-17;/h3-5,8,11H,2,6-7,9,15H2,1H3,(H,16,18);1H/t11-;/m1./s1. The summed E-state index contributed by atoms with van der Waals surface area (Å²) in [5.74, 6) is -0.0895. The number of anilines is 1. The number of benzene rings is 1. The van der Waals surface area contributed by atoms with Crippen molar-refractivity contribution in [2.45, 2.75) is 25.8 Å². The molecular formula is C14H20ClN3O2. The lowest BCUT2D eigenvalue weighted by Crippen LogP contribution is -2.31. The molecule has 0 aliphatic carbocycles. The van der Waals surface area contributed by atoms with Crippen molar-refractivity contribution in [3.63, 3.8) is 0 Å². The molecule has 1 heterocycles. The fraction of sp³-hybridized carbons (Fsp3) is 0.429. The number of likely N-dealkylation sites (tertiary alicyclic amines) is 1. The number of amides is 2. The summed E-state index contributed by atoms with van der Waals surface area (Å²) in [6.45, 7) is 3.09. The molecule has 0 saturated carbocycles. The second-order valence-corrected chi connectivity index (χ2v) is 4.78. The number of hydrogen-bond donors (Lipinski definition) is 2. The van der Waals surface area contributed by atoms with Gasteiger partial charge >= 0.3 is 0 Å². The molecule has 1 saturated heterocycles. The highest BCUT2D eigenvalue weighted by Gasteiger charge is 2.24. The first-order valence-electron chi connectivity index (χ1n) is 6.55. The van der Waals surface area contributed by atoms with E-state index < -0.39 is 0 Å². The molecule has 0 aromatic heterocycles. The zero-order valence-electron chi connectivity index (χ0n) is 11.5. The van der Waals surface area contributed by atoms with E-state index in [9.17, 15) is 9.59 Å². The third-order valence-corrected chi connectivity index (χ3v) is 3.23. The number of halogens is 1. The van der Waals surface area contributed by atoms with Gasteiger partial charge in [0.25, 0.3) is 5.91 Å². The van der Waals surface area contributed by atoms with Crippen LogP contribution in [0, 0.1) is 0 Å². The van der Waals surface area contributed by atoms with Gasteiger partial charge in [-0.2, -0.15) is 0 Å². The Kier molecular flexibility index (Phi) is 5.98. The second-order valence-electron chi connectivity index (χ2n) is 4.78. The van der Waals surface area contributed by atoms with E-state index in [4.69, 9.17) is 5.73 Å². The Morgan fingerprint density at radius 2 is 2.20 bits per heavy atom. The van der Waals surface area contributed by atoms with Crippen molar-refractivity contribution in [3.05, 3.63) is 29.8 Å². The van der Waals surface area contributed by atoms with Crippen molar-refractivity contribution in [2.75, 3.05) is 18.4 Å². The van der Waals surface area contributed by atoms with Crippen LogP contribution in [0.25, 0.3) is 0 Å². The molecule has 0 bridgehead atoms. The molecule has 0 unspecified atom stereocenters. The maximum Gasteiger partial charge on any atom is 0.253 e. The van der Waals surface area contributed by atoms with Gasteiger partial charge in [-0.3, -0.25) is 9.59 Å². The summed E-state index contributed by atoms with van der Waals surface area (Å²) >= 11 is 0. The van der Waals surface area contributed by atoms with Crippen molar-refractivity contribution in [1.82, 2.24) is 4.90 Å². The first-order chi connectivity index (χ1) is 9.10. The monoisotopic (exact) mass is 297 g/mol. The molecule has 0 radical (unpaired) electrons. The number of nitrogens with two attached hydrogens (primary N) is 1. The molecule has 0 spiro atoms. The lowest BCUT2D eigenvalue weighted by molar-refractivity contribution is -0.115. The van der Waals surface area contributed by atoms with Gasteiger partial charge in [0.2, 0.25) is 5.91 Å². The number of carbonyl (C=O) groups excluding carboxylic acids is 2. The Labute approximate surface area is 124 Å². The van der Waals surface area contributed by atoms with Crippen LogP contribution >= 0.6 is 12.4 Å². The molecule has 1 aliphatic rings. The van der Waals surface area contributed by atoms with Crippen LogP contribution in [-0.2, 0) is 4.79 Å². The van der Waals surface area contributed by atoms with Gasteiger partial charge in [-0.1, -0.05) is 13.0 Å². The van der Waals surface area contributed by atoms with Gasteiger partial charge in [-0.25, -0.2) is 0 Å². The van der Waals surface area contributed by atoms with Crippen molar-refractivity contribution in [2.24, 2.45) is 5.73 Å². The van der Waals surface area contributed by atoms with Gasteiger partial charge in [0.15, 0.2) is 0 Å². The van der Waals surface area contributed by atoms with E-state index >= 15 is 0 Å². The van der Waals surface area contributed by atoms with E-state index in [2.05, 4.69) is 5.32 Å². The molecular weight excluding hydrogens is 278 g/mol. The summed E-state index contributed by atoms with van der Waals surface area (Å²) in [6, 6.07) is 7.09. The molecule has 2 amide bonds. The largest absolute Gasteiger partial charge is 0.337 e. The highest BCUT2D eigenvalue weighted by Crippen LogP contribution is 2.16. The summed E-state index contributed by atoms with van der Waals surface area (Å²) in [7, 11) is 0. The third-order valence-electron chi connectivity index (χ3n) is 3.23. The van der Waals surface area contributed by atoms with Gasteiger partial charge in [0, 0.05) is 36.8 Å². The number of hydrogen-bond acceptors (Lipinski definition) is 3. The van der Waals surface area contributed by atoms with E-state index in [1.807, 2.05) is 0 Å². The minimum absolute atomic E-state index is 0. The molecule has 1 aliphatic heterocycles. The van der Waals surface area contributed by atoms with Crippen LogP contribution in [0.2, 0.25) is 0 Å². The van der Waals surface area contributed by atoms with Gasteiger partial charge < -0.3 is 16.0 Å². The minimum Gasteiger partial charge on any atom is -0.337 e. The Morgan fingerprint density at radius 3 is 2.80 bits per heavy atom. The predicted molar refractivity (Wildman–Crippen MR) is 81.1 cm³/mol.